The number of carboxylic acids is 1. The summed E-state index contributed by atoms with van der Waals surface area (Å²) in [4.78, 5) is 22.3. The molecule has 0 aliphatic carbocycles. The van der Waals surface area contributed by atoms with E-state index in [4.69, 9.17) is 5.11 Å². The lowest BCUT2D eigenvalue weighted by Gasteiger charge is -2.11. The summed E-state index contributed by atoms with van der Waals surface area (Å²) in [5, 5.41) is 15.5. The van der Waals surface area contributed by atoms with Crippen LogP contribution in [0.5, 0.6) is 0 Å². The van der Waals surface area contributed by atoms with Crippen LogP contribution in [0, 0.1) is 6.92 Å². The topological polar surface area (TPSA) is 84.2 Å². The maximum absolute atomic E-state index is 11.5. The van der Waals surface area contributed by atoms with Gasteiger partial charge in [0.1, 0.15) is 11.6 Å². The highest BCUT2D eigenvalue weighted by Gasteiger charge is 2.19. The number of nitrogens with zero attached hydrogens (tertiary/aromatic N) is 2. The van der Waals surface area contributed by atoms with Crippen molar-refractivity contribution in [3.05, 3.63) is 17.5 Å². The number of likely N-dealkylation sites (N-methyl/N-ethyl adjacent to an activating group) is 1. The van der Waals surface area contributed by atoms with Crippen LogP contribution in [0.25, 0.3) is 0 Å². The van der Waals surface area contributed by atoms with Crippen molar-refractivity contribution in [2.75, 3.05) is 6.54 Å². The van der Waals surface area contributed by atoms with Gasteiger partial charge in [-0.1, -0.05) is 0 Å². The maximum Gasteiger partial charge on any atom is 0.339 e. The Morgan fingerprint density at radius 2 is 2.25 bits per heavy atom. The molecule has 1 amide bonds. The molecule has 1 heterocycles. The zero-order valence-corrected chi connectivity index (χ0v) is 9.52. The Morgan fingerprint density at radius 3 is 2.69 bits per heavy atom. The van der Waals surface area contributed by atoms with Crippen LogP contribution < -0.4 is 5.32 Å². The number of hydrogen-bond acceptors (Lipinski definition) is 3. The highest BCUT2D eigenvalue weighted by molar-refractivity contribution is 5.88. The first kappa shape index (κ1) is 12.2. The lowest BCUT2D eigenvalue weighted by Crippen LogP contribution is -2.31. The lowest BCUT2D eigenvalue weighted by atomic mass is 10.3. The normalized spacial score (nSPS) is 12.2. The Hall–Kier alpha value is -1.85. The van der Waals surface area contributed by atoms with Crippen molar-refractivity contribution in [2.24, 2.45) is 0 Å². The fraction of sp³-hybridized carbons (Fsp3) is 0.500. The zero-order valence-electron chi connectivity index (χ0n) is 9.52. The number of carboxylic acid groups (broad SMARTS) is 1. The molecule has 1 unspecified atom stereocenters. The molecule has 1 aromatic rings. The van der Waals surface area contributed by atoms with Gasteiger partial charge in [0, 0.05) is 12.7 Å². The van der Waals surface area contributed by atoms with Gasteiger partial charge in [0.15, 0.2) is 0 Å². The van der Waals surface area contributed by atoms with Crippen molar-refractivity contribution >= 4 is 11.9 Å². The molecule has 0 aliphatic rings. The molecule has 1 aromatic heterocycles. The van der Waals surface area contributed by atoms with Crippen LogP contribution in [0.2, 0.25) is 0 Å². The second-order valence-electron chi connectivity index (χ2n) is 3.48. The number of aromatic nitrogens is 2. The smallest absolute Gasteiger partial charge is 0.339 e. The monoisotopic (exact) mass is 225 g/mol. The number of hydrogen-bond donors (Lipinski definition) is 2. The molecule has 88 valence electrons. The minimum absolute atomic E-state index is 0.121. The molecule has 0 saturated carbocycles. The Kier molecular flexibility index (Phi) is 3.65. The summed E-state index contributed by atoms with van der Waals surface area (Å²) in [6.07, 6.45) is 1.37. The fourth-order valence-corrected chi connectivity index (χ4v) is 1.33. The molecule has 0 radical (unpaired) electrons. The lowest BCUT2D eigenvalue weighted by molar-refractivity contribution is -0.124. The quantitative estimate of drug-likeness (QED) is 0.785. The fourth-order valence-electron chi connectivity index (χ4n) is 1.33. The zero-order chi connectivity index (χ0) is 12.3. The molecule has 1 rings (SSSR count). The second-order valence-corrected chi connectivity index (χ2v) is 3.48. The van der Waals surface area contributed by atoms with Gasteiger partial charge in [0.2, 0.25) is 5.91 Å². The number of aryl methyl sites for hydroxylation is 1. The molecule has 0 fully saturated rings. The van der Waals surface area contributed by atoms with Crippen LogP contribution in [0.4, 0.5) is 0 Å². The molecule has 0 aliphatic heterocycles. The number of aromatic carboxylic acids is 1. The summed E-state index contributed by atoms with van der Waals surface area (Å²) in [5.41, 5.74) is 0.528. The van der Waals surface area contributed by atoms with Gasteiger partial charge in [-0.3, -0.25) is 9.48 Å². The number of rotatable bonds is 4. The predicted molar refractivity (Wildman–Crippen MR) is 57.3 cm³/mol. The number of amides is 1. The molecule has 0 bridgehead atoms. The molecule has 6 heteroatoms. The summed E-state index contributed by atoms with van der Waals surface area (Å²) < 4.78 is 1.36. The third kappa shape index (κ3) is 2.39. The SMILES string of the molecule is CCNC(=O)C(C)n1cc(C(=O)O)c(C)n1. The van der Waals surface area contributed by atoms with Crippen molar-refractivity contribution < 1.29 is 14.7 Å². The van der Waals surface area contributed by atoms with Crippen LogP contribution in [0.3, 0.4) is 0 Å². The first-order valence-corrected chi connectivity index (χ1v) is 5.04. The number of nitrogens with one attached hydrogen (secondary N) is 1. The van der Waals surface area contributed by atoms with E-state index in [9.17, 15) is 9.59 Å². The number of carbonyl (C=O) groups is 2. The molecule has 6 nitrogen and oxygen atoms in total. The molecule has 0 aromatic carbocycles. The third-order valence-electron chi connectivity index (χ3n) is 2.27. The van der Waals surface area contributed by atoms with E-state index in [0.29, 0.717) is 12.2 Å². The summed E-state index contributed by atoms with van der Waals surface area (Å²) >= 11 is 0. The maximum atomic E-state index is 11.5. The summed E-state index contributed by atoms with van der Waals surface area (Å²) in [7, 11) is 0. The van der Waals surface area contributed by atoms with Crippen LogP contribution >= 0.6 is 0 Å². The second kappa shape index (κ2) is 4.78. The van der Waals surface area contributed by atoms with Crippen molar-refractivity contribution in [1.29, 1.82) is 0 Å². The molecule has 0 saturated heterocycles. The first-order chi connectivity index (χ1) is 7.47. The van der Waals surface area contributed by atoms with Gasteiger partial charge in [-0.05, 0) is 20.8 Å². The van der Waals surface area contributed by atoms with E-state index >= 15 is 0 Å². The Morgan fingerprint density at radius 1 is 1.62 bits per heavy atom. The molecule has 0 spiro atoms. The van der Waals surface area contributed by atoms with Crippen LogP contribution in [0.15, 0.2) is 6.20 Å². The van der Waals surface area contributed by atoms with Gasteiger partial charge in [-0.2, -0.15) is 5.10 Å². The van der Waals surface area contributed by atoms with Crippen LogP contribution in [0.1, 0.15) is 35.9 Å². The summed E-state index contributed by atoms with van der Waals surface area (Å²) in [6, 6.07) is -0.508. The predicted octanol–water partition coefficient (Wildman–Crippen LogP) is 0.587. The van der Waals surface area contributed by atoms with E-state index in [0.717, 1.165) is 0 Å². The largest absolute Gasteiger partial charge is 0.478 e. The average Bonchev–Trinajstić information content (AvgIpc) is 2.59. The molecular formula is C10H15N3O3. The van der Waals surface area contributed by atoms with E-state index in [2.05, 4.69) is 10.4 Å². The number of carbonyl (C=O) groups excluding carboxylic acids is 1. The summed E-state index contributed by atoms with van der Waals surface area (Å²) in [5.74, 6) is -1.21. The van der Waals surface area contributed by atoms with Gasteiger partial charge >= 0.3 is 5.97 Å². The molecule has 2 N–H and O–H groups in total. The molecular weight excluding hydrogens is 210 g/mol. The summed E-state index contributed by atoms with van der Waals surface area (Å²) in [6.45, 7) is 5.63. The van der Waals surface area contributed by atoms with E-state index in [1.54, 1.807) is 13.8 Å². The van der Waals surface area contributed by atoms with Gasteiger partial charge < -0.3 is 10.4 Å². The van der Waals surface area contributed by atoms with Crippen molar-refractivity contribution in [1.82, 2.24) is 15.1 Å². The van der Waals surface area contributed by atoms with E-state index in [-0.39, 0.29) is 11.5 Å². The van der Waals surface area contributed by atoms with Crippen molar-refractivity contribution in [2.45, 2.75) is 26.8 Å². The van der Waals surface area contributed by atoms with Gasteiger partial charge in [0.05, 0.1) is 5.69 Å². The van der Waals surface area contributed by atoms with Crippen molar-refractivity contribution in [3.63, 3.8) is 0 Å². The average molecular weight is 225 g/mol. The minimum Gasteiger partial charge on any atom is -0.478 e. The minimum atomic E-state index is -1.04. The Labute approximate surface area is 93.3 Å². The highest BCUT2D eigenvalue weighted by atomic mass is 16.4. The van der Waals surface area contributed by atoms with E-state index in [1.165, 1.54) is 10.9 Å². The molecule has 16 heavy (non-hydrogen) atoms. The first-order valence-electron chi connectivity index (χ1n) is 5.04. The molecule has 1 atom stereocenters. The van der Waals surface area contributed by atoms with E-state index in [1.807, 2.05) is 6.92 Å². The standard InChI is InChI=1S/C10H15N3O3/c1-4-11-9(14)7(3)13-5-8(10(15)16)6(2)12-13/h5,7H,4H2,1-3H3,(H,11,14)(H,15,16). The van der Waals surface area contributed by atoms with Gasteiger partial charge in [-0.25, -0.2) is 4.79 Å². The highest BCUT2D eigenvalue weighted by Crippen LogP contribution is 2.11. The van der Waals surface area contributed by atoms with Crippen LogP contribution in [-0.4, -0.2) is 33.3 Å². The van der Waals surface area contributed by atoms with E-state index < -0.39 is 12.0 Å². The third-order valence-corrected chi connectivity index (χ3v) is 2.27. The Bertz CT molecular complexity index is 411. The Balaban J connectivity index is 2.92. The van der Waals surface area contributed by atoms with Crippen molar-refractivity contribution in [3.8, 4) is 0 Å². The van der Waals surface area contributed by atoms with Gasteiger partial charge in [0.25, 0.3) is 0 Å². The van der Waals surface area contributed by atoms with Gasteiger partial charge in [-0.15, -0.1) is 0 Å². The van der Waals surface area contributed by atoms with Crippen LogP contribution in [-0.2, 0) is 4.79 Å².